The third kappa shape index (κ3) is 14.2. The standard InChI is InChI=1S/C27H53NO2P/c1-6-8-9-10-11-12-13-14-15-16-17-18-19-20-21-22-23-24-25-26-27(7-2,31(29)30)28(3,4)5/h6,15-16H,1,7-14,17-26H2,2-5H3/q+1. The van der Waals surface area contributed by atoms with Gasteiger partial charge in [-0.25, -0.2) is 9.13 Å². The Labute approximate surface area is 195 Å². The summed E-state index contributed by atoms with van der Waals surface area (Å²) < 4.78 is 24.4. The van der Waals surface area contributed by atoms with Crippen molar-refractivity contribution < 1.29 is 13.6 Å². The number of hydrogen-bond acceptors (Lipinski definition) is 2. The molecule has 3 nitrogen and oxygen atoms in total. The van der Waals surface area contributed by atoms with Gasteiger partial charge < -0.3 is 4.48 Å². The Bertz CT molecular complexity index is 526. The molecule has 0 saturated heterocycles. The number of nitrogens with zero attached hydrogens (tertiary/aromatic N) is 1. The van der Waals surface area contributed by atoms with E-state index in [0.717, 1.165) is 19.3 Å². The van der Waals surface area contributed by atoms with Crippen molar-refractivity contribution in [2.45, 2.75) is 128 Å². The van der Waals surface area contributed by atoms with E-state index in [-0.39, 0.29) is 0 Å². The van der Waals surface area contributed by atoms with Crippen molar-refractivity contribution in [3.8, 4) is 0 Å². The largest absolute Gasteiger partial charge is 0.378 e. The van der Waals surface area contributed by atoms with Crippen LogP contribution in [0, 0.1) is 0 Å². The fourth-order valence-corrected chi connectivity index (χ4v) is 5.59. The number of rotatable bonds is 22. The Hall–Kier alpha value is -0.660. The Morgan fingerprint density at radius 1 is 0.677 bits per heavy atom. The molecule has 0 spiro atoms. The fraction of sp³-hybridized carbons (Fsp3) is 0.852. The van der Waals surface area contributed by atoms with Crippen molar-refractivity contribution in [3.05, 3.63) is 24.8 Å². The van der Waals surface area contributed by atoms with Crippen molar-refractivity contribution in [2.75, 3.05) is 21.1 Å². The summed E-state index contributed by atoms with van der Waals surface area (Å²) in [4.78, 5) is 0. The van der Waals surface area contributed by atoms with Crippen LogP contribution in [0.1, 0.15) is 122 Å². The summed E-state index contributed by atoms with van der Waals surface area (Å²) in [7, 11) is 3.61. The van der Waals surface area contributed by atoms with Crippen LogP contribution in [0.15, 0.2) is 24.8 Å². The van der Waals surface area contributed by atoms with Crippen LogP contribution in [0.4, 0.5) is 0 Å². The van der Waals surface area contributed by atoms with Crippen molar-refractivity contribution in [3.63, 3.8) is 0 Å². The molecular weight excluding hydrogens is 401 g/mol. The number of allylic oxidation sites excluding steroid dienone is 3. The van der Waals surface area contributed by atoms with Crippen LogP contribution in [0.2, 0.25) is 0 Å². The molecule has 1 unspecified atom stereocenters. The van der Waals surface area contributed by atoms with Gasteiger partial charge in [-0.15, -0.1) is 6.58 Å². The first-order valence-electron chi connectivity index (χ1n) is 13.0. The van der Waals surface area contributed by atoms with E-state index < -0.39 is 13.0 Å². The first-order chi connectivity index (χ1) is 14.8. The van der Waals surface area contributed by atoms with Crippen LogP contribution in [-0.4, -0.2) is 30.9 Å². The van der Waals surface area contributed by atoms with E-state index in [1.165, 1.54) is 89.9 Å². The zero-order valence-electron chi connectivity index (χ0n) is 21.4. The smallest absolute Gasteiger partial charge is 0.314 e. The van der Waals surface area contributed by atoms with Gasteiger partial charge in [0.05, 0.1) is 21.1 Å². The van der Waals surface area contributed by atoms with Gasteiger partial charge in [0.2, 0.25) is 5.28 Å². The molecule has 0 heterocycles. The maximum atomic E-state index is 11.9. The van der Waals surface area contributed by atoms with Gasteiger partial charge in [-0.2, -0.15) is 0 Å². The van der Waals surface area contributed by atoms with Gasteiger partial charge in [0.25, 0.3) is 0 Å². The SMILES string of the molecule is C=CCCCCCCCC=CCCCCCCCCCCC(CC)(P(=O)=O)[N+](C)(C)C. The molecule has 0 amide bonds. The minimum atomic E-state index is -2.42. The Morgan fingerprint density at radius 2 is 1.06 bits per heavy atom. The lowest BCUT2D eigenvalue weighted by atomic mass is 10.0. The maximum Gasteiger partial charge on any atom is 0.378 e. The van der Waals surface area contributed by atoms with Gasteiger partial charge in [0.15, 0.2) is 0 Å². The van der Waals surface area contributed by atoms with Crippen LogP contribution in [0.3, 0.4) is 0 Å². The van der Waals surface area contributed by atoms with E-state index >= 15 is 0 Å². The highest BCUT2D eigenvalue weighted by Gasteiger charge is 2.46. The summed E-state index contributed by atoms with van der Waals surface area (Å²) >= 11 is 0. The molecule has 31 heavy (non-hydrogen) atoms. The molecule has 0 fully saturated rings. The van der Waals surface area contributed by atoms with Crippen LogP contribution in [-0.2, 0) is 9.13 Å². The van der Waals surface area contributed by atoms with Crippen molar-refractivity contribution in [2.24, 2.45) is 0 Å². The molecule has 0 aliphatic heterocycles. The molecule has 0 saturated carbocycles. The van der Waals surface area contributed by atoms with E-state index in [4.69, 9.17) is 0 Å². The molecule has 0 N–H and O–H groups in total. The summed E-state index contributed by atoms with van der Waals surface area (Å²) in [5.41, 5.74) is 0. The lowest BCUT2D eigenvalue weighted by molar-refractivity contribution is -0.908. The van der Waals surface area contributed by atoms with Crippen molar-refractivity contribution >= 4 is 7.68 Å². The second kappa shape index (κ2) is 18.9. The Balaban J connectivity index is 3.57. The summed E-state index contributed by atoms with van der Waals surface area (Å²) in [6, 6.07) is 0. The first kappa shape index (κ1) is 30.3. The van der Waals surface area contributed by atoms with Crippen LogP contribution < -0.4 is 0 Å². The van der Waals surface area contributed by atoms with E-state index in [2.05, 4.69) is 18.7 Å². The normalized spacial score (nSPS) is 14.1. The minimum Gasteiger partial charge on any atom is -0.314 e. The van der Waals surface area contributed by atoms with Crippen molar-refractivity contribution in [1.82, 2.24) is 0 Å². The Kier molecular flexibility index (Phi) is 18.5. The van der Waals surface area contributed by atoms with E-state index in [9.17, 15) is 9.13 Å². The topological polar surface area (TPSA) is 34.1 Å². The molecule has 0 radical (unpaired) electrons. The second-order valence-corrected chi connectivity index (χ2v) is 11.4. The third-order valence-electron chi connectivity index (χ3n) is 6.80. The molecule has 1 atom stereocenters. The quantitative estimate of drug-likeness (QED) is 0.0706. The fourth-order valence-electron chi connectivity index (χ4n) is 4.50. The van der Waals surface area contributed by atoms with Gasteiger partial charge in [0, 0.05) is 12.8 Å². The maximum absolute atomic E-state index is 11.9. The van der Waals surface area contributed by atoms with Crippen molar-refractivity contribution in [1.29, 1.82) is 0 Å². The van der Waals surface area contributed by atoms with E-state index in [1.807, 2.05) is 34.1 Å². The molecule has 0 rings (SSSR count). The highest BCUT2D eigenvalue weighted by molar-refractivity contribution is 7.32. The molecule has 182 valence electrons. The summed E-state index contributed by atoms with van der Waals surface area (Å²) in [6.45, 7) is 5.78. The zero-order valence-corrected chi connectivity index (χ0v) is 22.3. The predicted octanol–water partition coefficient (Wildman–Crippen LogP) is 9.35. The summed E-state index contributed by atoms with van der Waals surface area (Å²) in [6.07, 6.45) is 28.7. The molecule has 0 aromatic rings. The number of unbranched alkanes of at least 4 members (excludes halogenated alkanes) is 14. The average molecular weight is 455 g/mol. The predicted molar refractivity (Wildman–Crippen MR) is 137 cm³/mol. The van der Waals surface area contributed by atoms with Crippen LogP contribution in [0.5, 0.6) is 0 Å². The Morgan fingerprint density at radius 3 is 1.42 bits per heavy atom. The lowest BCUT2D eigenvalue weighted by Gasteiger charge is -2.40. The molecule has 0 aromatic heterocycles. The van der Waals surface area contributed by atoms with Gasteiger partial charge in [-0.1, -0.05) is 82.9 Å². The van der Waals surface area contributed by atoms with Gasteiger partial charge in [-0.05, 0) is 44.9 Å². The first-order valence-corrected chi connectivity index (χ1v) is 14.2. The number of quaternary nitrogens is 1. The second-order valence-electron chi connectivity index (χ2n) is 10.1. The molecule has 0 aliphatic carbocycles. The third-order valence-corrected chi connectivity index (χ3v) is 8.62. The molecule has 0 aliphatic rings. The molecule has 4 heteroatoms. The highest BCUT2D eigenvalue weighted by atomic mass is 31.1. The van der Waals surface area contributed by atoms with Crippen LogP contribution >= 0.6 is 7.68 Å². The minimum absolute atomic E-state index is 0.507. The highest BCUT2D eigenvalue weighted by Crippen LogP contribution is 2.43. The van der Waals surface area contributed by atoms with E-state index in [0.29, 0.717) is 10.9 Å². The molecular formula is C27H53NO2P+. The lowest BCUT2D eigenvalue weighted by Crippen LogP contribution is -2.53. The molecule has 0 aromatic carbocycles. The van der Waals surface area contributed by atoms with Gasteiger partial charge >= 0.3 is 7.68 Å². The monoisotopic (exact) mass is 454 g/mol. The van der Waals surface area contributed by atoms with Gasteiger partial charge in [-0.3, -0.25) is 0 Å². The van der Waals surface area contributed by atoms with Gasteiger partial charge in [0.1, 0.15) is 0 Å². The number of hydrogen-bond donors (Lipinski definition) is 0. The zero-order chi connectivity index (χ0) is 23.4. The summed E-state index contributed by atoms with van der Waals surface area (Å²) in [5.74, 6) is 0. The van der Waals surface area contributed by atoms with E-state index in [1.54, 1.807) is 0 Å². The van der Waals surface area contributed by atoms with Crippen LogP contribution in [0.25, 0.3) is 0 Å². The molecule has 0 bridgehead atoms. The summed E-state index contributed by atoms with van der Waals surface area (Å²) in [5, 5.41) is -0.603. The average Bonchev–Trinajstić information content (AvgIpc) is 2.71.